The summed E-state index contributed by atoms with van der Waals surface area (Å²) in [6.07, 6.45) is 2.56. The largest absolute Gasteiger partial charge is 0.385 e. The molecule has 0 saturated carbocycles. The first-order chi connectivity index (χ1) is 10.1. The van der Waals surface area contributed by atoms with Crippen LogP contribution in [0.25, 0.3) is 0 Å². The second-order valence-corrected chi connectivity index (χ2v) is 5.21. The Labute approximate surface area is 129 Å². The van der Waals surface area contributed by atoms with Crippen molar-refractivity contribution in [3.8, 4) is 0 Å². The highest BCUT2D eigenvalue weighted by Crippen LogP contribution is 2.18. The molecule has 2 aromatic rings. The lowest BCUT2D eigenvalue weighted by Crippen LogP contribution is -2.13. The minimum Gasteiger partial charge on any atom is -0.385 e. The second kappa shape index (κ2) is 7.09. The summed E-state index contributed by atoms with van der Waals surface area (Å²) in [5.74, 6) is 0.296. The zero-order chi connectivity index (χ0) is 15.2. The van der Waals surface area contributed by atoms with Crippen molar-refractivity contribution < 1.29 is 4.79 Å². The fourth-order valence-electron chi connectivity index (χ4n) is 1.90. The molecule has 4 nitrogen and oxygen atoms in total. The highest BCUT2D eigenvalue weighted by Gasteiger charge is 2.08. The first-order valence-corrected chi connectivity index (χ1v) is 7.25. The van der Waals surface area contributed by atoms with E-state index < -0.39 is 0 Å². The number of aromatic nitrogens is 1. The first-order valence-electron chi connectivity index (χ1n) is 6.87. The van der Waals surface area contributed by atoms with E-state index in [9.17, 15) is 4.79 Å². The third kappa shape index (κ3) is 4.20. The van der Waals surface area contributed by atoms with E-state index in [0.29, 0.717) is 16.4 Å². The monoisotopic (exact) mass is 303 g/mol. The highest BCUT2D eigenvalue weighted by atomic mass is 35.5. The van der Waals surface area contributed by atoms with Gasteiger partial charge in [0, 0.05) is 24.0 Å². The van der Waals surface area contributed by atoms with Crippen LogP contribution in [-0.4, -0.2) is 17.4 Å². The van der Waals surface area contributed by atoms with Gasteiger partial charge in [-0.25, -0.2) is 4.98 Å². The molecule has 0 saturated heterocycles. The Balaban J connectivity index is 2.08. The Hall–Kier alpha value is -2.07. The fourth-order valence-corrected chi connectivity index (χ4v) is 2.01. The van der Waals surface area contributed by atoms with Crippen molar-refractivity contribution in [2.24, 2.45) is 0 Å². The summed E-state index contributed by atoms with van der Waals surface area (Å²) in [5.41, 5.74) is 2.70. The number of anilines is 2. The van der Waals surface area contributed by atoms with Gasteiger partial charge in [-0.1, -0.05) is 18.5 Å². The SMILES string of the molecule is CCCNc1ccc(C(=O)Nc2ccc(Cl)cn2)cc1C. The van der Waals surface area contributed by atoms with Crippen molar-refractivity contribution in [3.63, 3.8) is 0 Å². The van der Waals surface area contributed by atoms with Crippen molar-refractivity contribution in [1.82, 2.24) is 4.98 Å². The Kier molecular flexibility index (Phi) is 5.17. The minimum absolute atomic E-state index is 0.185. The number of aryl methyl sites for hydroxylation is 1. The number of benzene rings is 1. The molecule has 110 valence electrons. The molecule has 2 rings (SSSR count). The van der Waals surface area contributed by atoms with Crippen LogP contribution in [0, 0.1) is 6.92 Å². The number of amides is 1. The normalized spacial score (nSPS) is 10.2. The molecule has 0 fully saturated rings. The quantitative estimate of drug-likeness (QED) is 0.873. The molecular weight excluding hydrogens is 286 g/mol. The van der Waals surface area contributed by atoms with E-state index in [-0.39, 0.29) is 5.91 Å². The van der Waals surface area contributed by atoms with Crippen molar-refractivity contribution in [2.45, 2.75) is 20.3 Å². The van der Waals surface area contributed by atoms with Crippen molar-refractivity contribution in [2.75, 3.05) is 17.2 Å². The molecule has 0 unspecified atom stereocenters. The Bertz CT molecular complexity index is 626. The van der Waals surface area contributed by atoms with Crippen LogP contribution in [0.15, 0.2) is 36.5 Å². The van der Waals surface area contributed by atoms with E-state index >= 15 is 0 Å². The van der Waals surface area contributed by atoms with E-state index in [1.165, 1.54) is 6.20 Å². The molecule has 0 radical (unpaired) electrons. The summed E-state index contributed by atoms with van der Waals surface area (Å²) in [6, 6.07) is 8.95. The van der Waals surface area contributed by atoms with Crippen LogP contribution in [0.5, 0.6) is 0 Å². The van der Waals surface area contributed by atoms with Crippen LogP contribution in [-0.2, 0) is 0 Å². The smallest absolute Gasteiger partial charge is 0.256 e. The topological polar surface area (TPSA) is 54.0 Å². The summed E-state index contributed by atoms with van der Waals surface area (Å²) < 4.78 is 0. The van der Waals surface area contributed by atoms with Crippen LogP contribution < -0.4 is 10.6 Å². The van der Waals surface area contributed by atoms with E-state index in [1.807, 2.05) is 19.1 Å². The molecule has 0 atom stereocenters. The number of pyridine rings is 1. The highest BCUT2D eigenvalue weighted by molar-refractivity contribution is 6.30. The van der Waals surface area contributed by atoms with Gasteiger partial charge >= 0.3 is 0 Å². The van der Waals surface area contributed by atoms with Crippen molar-refractivity contribution >= 4 is 29.0 Å². The minimum atomic E-state index is -0.185. The van der Waals surface area contributed by atoms with Crippen LogP contribution in [0.4, 0.5) is 11.5 Å². The summed E-state index contributed by atoms with van der Waals surface area (Å²) >= 11 is 5.76. The van der Waals surface area contributed by atoms with Gasteiger partial charge in [-0.15, -0.1) is 0 Å². The molecule has 0 aliphatic carbocycles. The Morgan fingerprint density at radius 1 is 1.29 bits per heavy atom. The molecule has 0 bridgehead atoms. The molecule has 2 N–H and O–H groups in total. The number of carbonyl (C=O) groups is 1. The van der Waals surface area contributed by atoms with Gasteiger partial charge < -0.3 is 10.6 Å². The molecule has 1 heterocycles. The number of rotatable bonds is 5. The maximum Gasteiger partial charge on any atom is 0.256 e. The van der Waals surface area contributed by atoms with Crippen LogP contribution >= 0.6 is 11.6 Å². The van der Waals surface area contributed by atoms with Gasteiger partial charge in [0.1, 0.15) is 5.82 Å². The van der Waals surface area contributed by atoms with Gasteiger partial charge in [0.2, 0.25) is 0 Å². The van der Waals surface area contributed by atoms with Crippen molar-refractivity contribution in [3.05, 3.63) is 52.7 Å². The number of carbonyl (C=O) groups excluding carboxylic acids is 1. The number of hydrogen-bond acceptors (Lipinski definition) is 3. The Morgan fingerprint density at radius 3 is 2.71 bits per heavy atom. The molecule has 1 aromatic heterocycles. The standard InChI is InChI=1S/C16H18ClN3O/c1-3-8-18-14-6-4-12(9-11(14)2)16(21)20-15-7-5-13(17)10-19-15/h4-7,9-10,18H,3,8H2,1-2H3,(H,19,20,21). The zero-order valence-corrected chi connectivity index (χ0v) is 12.9. The summed E-state index contributed by atoms with van der Waals surface area (Å²) in [5, 5.41) is 6.61. The maximum absolute atomic E-state index is 12.2. The number of nitrogens with one attached hydrogen (secondary N) is 2. The van der Waals surface area contributed by atoms with Gasteiger partial charge in [0.05, 0.1) is 5.02 Å². The van der Waals surface area contributed by atoms with E-state index in [0.717, 1.165) is 24.2 Å². The predicted molar refractivity (Wildman–Crippen MR) is 87.2 cm³/mol. The summed E-state index contributed by atoms with van der Waals surface area (Å²) in [7, 11) is 0. The fraction of sp³-hybridized carbons (Fsp3) is 0.250. The maximum atomic E-state index is 12.2. The summed E-state index contributed by atoms with van der Waals surface area (Å²) in [4.78, 5) is 16.2. The molecule has 5 heteroatoms. The van der Waals surface area contributed by atoms with E-state index in [4.69, 9.17) is 11.6 Å². The Morgan fingerprint density at radius 2 is 2.10 bits per heavy atom. The summed E-state index contributed by atoms with van der Waals surface area (Å²) in [6.45, 7) is 5.01. The van der Waals surface area contributed by atoms with E-state index in [1.54, 1.807) is 18.2 Å². The van der Waals surface area contributed by atoms with Crippen molar-refractivity contribution in [1.29, 1.82) is 0 Å². The lowest BCUT2D eigenvalue weighted by molar-refractivity contribution is 0.102. The molecule has 1 amide bonds. The van der Waals surface area contributed by atoms with Crippen LogP contribution in [0.3, 0.4) is 0 Å². The lowest BCUT2D eigenvalue weighted by atomic mass is 10.1. The van der Waals surface area contributed by atoms with Crippen LogP contribution in [0.2, 0.25) is 5.02 Å². The van der Waals surface area contributed by atoms with E-state index in [2.05, 4.69) is 22.5 Å². The number of hydrogen-bond donors (Lipinski definition) is 2. The van der Waals surface area contributed by atoms with Crippen LogP contribution in [0.1, 0.15) is 29.3 Å². The van der Waals surface area contributed by atoms with Gasteiger partial charge in [-0.2, -0.15) is 0 Å². The molecule has 21 heavy (non-hydrogen) atoms. The first kappa shape index (κ1) is 15.3. The third-order valence-electron chi connectivity index (χ3n) is 3.02. The molecule has 0 spiro atoms. The molecule has 1 aromatic carbocycles. The van der Waals surface area contributed by atoms with Gasteiger partial charge in [-0.3, -0.25) is 4.79 Å². The zero-order valence-electron chi connectivity index (χ0n) is 12.1. The average Bonchev–Trinajstić information content (AvgIpc) is 2.48. The van der Waals surface area contributed by atoms with Gasteiger partial charge in [-0.05, 0) is 49.2 Å². The number of nitrogens with zero attached hydrogens (tertiary/aromatic N) is 1. The van der Waals surface area contributed by atoms with Gasteiger partial charge in [0.15, 0.2) is 0 Å². The molecule has 0 aliphatic heterocycles. The predicted octanol–water partition coefficient (Wildman–Crippen LogP) is 4.12. The lowest BCUT2D eigenvalue weighted by Gasteiger charge is -2.10. The second-order valence-electron chi connectivity index (χ2n) is 4.77. The van der Waals surface area contributed by atoms with Gasteiger partial charge in [0.25, 0.3) is 5.91 Å². The number of halogens is 1. The molecular formula is C16H18ClN3O. The third-order valence-corrected chi connectivity index (χ3v) is 3.25. The average molecular weight is 304 g/mol. The molecule has 0 aliphatic rings.